The molecule has 1 aromatic carbocycles. The molecular weight excluding hydrogens is 228 g/mol. The molecular formula is C14H20N2O2. The number of ether oxygens (including phenoxy) is 1. The first-order chi connectivity index (χ1) is 8.66. The molecule has 98 valence electrons. The van der Waals surface area contributed by atoms with Gasteiger partial charge < -0.3 is 15.8 Å². The van der Waals surface area contributed by atoms with Crippen molar-refractivity contribution in [3.8, 4) is 0 Å². The summed E-state index contributed by atoms with van der Waals surface area (Å²) in [5.74, 6) is -0.388. The van der Waals surface area contributed by atoms with Gasteiger partial charge in [0.15, 0.2) is 0 Å². The van der Waals surface area contributed by atoms with Crippen LogP contribution in [0.4, 0.5) is 0 Å². The highest BCUT2D eigenvalue weighted by molar-refractivity contribution is 5.93. The number of hydrogen-bond acceptors (Lipinski definition) is 3. The number of aryl methyl sites for hydroxylation is 1. The van der Waals surface area contributed by atoms with Crippen LogP contribution in [0.2, 0.25) is 0 Å². The molecule has 4 nitrogen and oxygen atoms in total. The maximum atomic E-state index is 11.0. The third-order valence-corrected chi connectivity index (χ3v) is 3.37. The molecule has 1 fully saturated rings. The molecule has 0 radical (unpaired) electrons. The topological polar surface area (TPSA) is 64.4 Å². The molecule has 1 unspecified atom stereocenters. The van der Waals surface area contributed by atoms with Crippen molar-refractivity contribution in [3.05, 3.63) is 34.9 Å². The third-order valence-electron chi connectivity index (χ3n) is 3.37. The molecule has 2 rings (SSSR count). The lowest BCUT2D eigenvalue weighted by molar-refractivity contribution is 0.0997. The van der Waals surface area contributed by atoms with Crippen LogP contribution in [0.1, 0.15) is 34.3 Å². The summed E-state index contributed by atoms with van der Waals surface area (Å²) in [5, 5.41) is 3.40. The molecule has 0 spiro atoms. The van der Waals surface area contributed by atoms with Crippen molar-refractivity contribution in [2.75, 3.05) is 13.2 Å². The van der Waals surface area contributed by atoms with Gasteiger partial charge in [-0.05, 0) is 49.6 Å². The Morgan fingerprint density at radius 3 is 3.00 bits per heavy atom. The van der Waals surface area contributed by atoms with Gasteiger partial charge in [0, 0.05) is 11.6 Å². The number of amides is 1. The summed E-state index contributed by atoms with van der Waals surface area (Å²) < 4.78 is 5.71. The fourth-order valence-electron chi connectivity index (χ4n) is 2.22. The maximum Gasteiger partial charge on any atom is 0.248 e. The zero-order valence-electron chi connectivity index (χ0n) is 10.7. The van der Waals surface area contributed by atoms with Gasteiger partial charge in [0.25, 0.3) is 0 Å². The number of nitrogens with one attached hydrogen (secondary N) is 1. The van der Waals surface area contributed by atoms with Crippen molar-refractivity contribution in [2.24, 2.45) is 5.73 Å². The second kappa shape index (κ2) is 5.98. The van der Waals surface area contributed by atoms with Crippen molar-refractivity contribution >= 4 is 5.91 Å². The van der Waals surface area contributed by atoms with E-state index in [0.717, 1.165) is 24.3 Å². The monoisotopic (exact) mass is 248 g/mol. The summed E-state index contributed by atoms with van der Waals surface area (Å²) in [7, 11) is 0. The summed E-state index contributed by atoms with van der Waals surface area (Å²) in [6, 6.07) is 5.98. The summed E-state index contributed by atoms with van der Waals surface area (Å²) >= 11 is 0. The van der Waals surface area contributed by atoms with Crippen LogP contribution >= 0.6 is 0 Å². The van der Waals surface area contributed by atoms with Crippen molar-refractivity contribution in [3.63, 3.8) is 0 Å². The van der Waals surface area contributed by atoms with Crippen molar-refractivity contribution in [1.29, 1.82) is 0 Å². The zero-order chi connectivity index (χ0) is 13.0. The van der Waals surface area contributed by atoms with Gasteiger partial charge in [-0.3, -0.25) is 4.79 Å². The summed E-state index contributed by atoms with van der Waals surface area (Å²) in [6.07, 6.45) is 2.43. The quantitative estimate of drug-likeness (QED) is 0.827. The molecule has 0 aliphatic carbocycles. The maximum absolute atomic E-state index is 11.0. The summed E-state index contributed by atoms with van der Waals surface area (Å²) in [6.45, 7) is 4.40. The lowest BCUT2D eigenvalue weighted by Crippen LogP contribution is -2.26. The smallest absolute Gasteiger partial charge is 0.248 e. The van der Waals surface area contributed by atoms with E-state index in [1.54, 1.807) is 6.07 Å². The predicted molar refractivity (Wildman–Crippen MR) is 70.4 cm³/mol. The van der Waals surface area contributed by atoms with Gasteiger partial charge in [-0.2, -0.15) is 0 Å². The number of nitrogens with two attached hydrogens (primary N) is 1. The first-order valence-electron chi connectivity index (χ1n) is 6.37. The molecule has 4 heteroatoms. The second-order valence-electron chi connectivity index (χ2n) is 4.81. The molecule has 0 aromatic heterocycles. The highest BCUT2D eigenvalue weighted by atomic mass is 16.5. The van der Waals surface area contributed by atoms with E-state index in [1.807, 2.05) is 19.1 Å². The van der Waals surface area contributed by atoms with E-state index in [4.69, 9.17) is 10.5 Å². The average Bonchev–Trinajstić information content (AvgIpc) is 2.84. The van der Waals surface area contributed by atoms with Gasteiger partial charge in [0.2, 0.25) is 5.91 Å². The van der Waals surface area contributed by atoms with Crippen LogP contribution in [0.5, 0.6) is 0 Å². The molecule has 1 atom stereocenters. The van der Waals surface area contributed by atoms with Crippen LogP contribution in [0.3, 0.4) is 0 Å². The minimum Gasteiger partial charge on any atom is -0.375 e. The Morgan fingerprint density at radius 2 is 2.39 bits per heavy atom. The van der Waals surface area contributed by atoms with Crippen molar-refractivity contribution in [2.45, 2.75) is 32.4 Å². The van der Waals surface area contributed by atoms with Gasteiger partial charge in [-0.15, -0.1) is 0 Å². The van der Waals surface area contributed by atoms with Gasteiger partial charge >= 0.3 is 0 Å². The minimum atomic E-state index is -0.388. The van der Waals surface area contributed by atoms with Gasteiger partial charge in [-0.25, -0.2) is 0 Å². The molecule has 1 heterocycles. The molecule has 18 heavy (non-hydrogen) atoms. The summed E-state index contributed by atoms with van der Waals surface area (Å²) in [4.78, 5) is 11.0. The first-order valence-corrected chi connectivity index (χ1v) is 6.37. The van der Waals surface area contributed by atoms with Gasteiger partial charge in [-0.1, -0.05) is 6.07 Å². The number of rotatable bonds is 5. The molecule has 0 bridgehead atoms. The van der Waals surface area contributed by atoms with E-state index in [2.05, 4.69) is 5.32 Å². The van der Waals surface area contributed by atoms with E-state index in [1.165, 1.54) is 12.8 Å². The molecule has 1 aliphatic heterocycles. The SMILES string of the molecule is Cc1cc(C(N)=O)ccc1COCC1CCCN1. The third kappa shape index (κ3) is 3.31. The number of benzene rings is 1. The predicted octanol–water partition coefficient (Wildman–Crippen LogP) is 1.36. The lowest BCUT2D eigenvalue weighted by atomic mass is 10.1. The van der Waals surface area contributed by atoms with Crippen LogP contribution in [0.15, 0.2) is 18.2 Å². The van der Waals surface area contributed by atoms with E-state index in [-0.39, 0.29) is 5.91 Å². The van der Waals surface area contributed by atoms with Crippen LogP contribution < -0.4 is 11.1 Å². The normalized spacial score (nSPS) is 19.1. The Kier molecular flexibility index (Phi) is 4.33. The molecule has 1 aromatic rings. The van der Waals surface area contributed by atoms with Crippen LogP contribution in [-0.4, -0.2) is 25.1 Å². The van der Waals surface area contributed by atoms with Crippen LogP contribution in [-0.2, 0) is 11.3 Å². The van der Waals surface area contributed by atoms with E-state index < -0.39 is 0 Å². The standard InChI is InChI=1S/C14H20N2O2/c1-10-7-11(14(15)17)4-5-12(10)8-18-9-13-3-2-6-16-13/h4-5,7,13,16H,2-3,6,8-9H2,1H3,(H2,15,17). The Morgan fingerprint density at radius 1 is 1.56 bits per heavy atom. The first kappa shape index (κ1) is 13.1. The minimum absolute atomic E-state index is 0.388. The van der Waals surface area contributed by atoms with Gasteiger partial charge in [0.1, 0.15) is 0 Å². The second-order valence-corrected chi connectivity index (χ2v) is 4.81. The summed E-state index contributed by atoms with van der Waals surface area (Å²) in [5.41, 5.74) is 7.94. The van der Waals surface area contributed by atoms with Crippen molar-refractivity contribution in [1.82, 2.24) is 5.32 Å². The molecule has 1 amide bonds. The molecule has 1 saturated heterocycles. The molecule has 3 N–H and O–H groups in total. The van der Waals surface area contributed by atoms with E-state index >= 15 is 0 Å². The number of carbonyl (C=O) groups excluding carboxylic acids is 1. The van der Waals surface area contributed by atoms with Crippen molar-refractivity contribution < 1.29 is 9.53 Å². The molecule has 1 aliphatic rings. The Balaban J connectivity index is 1.87. The number of hydrogen-bond donors (Lipinski definition) is 2. The highest BCUT2D eigenvalue weighted by Gasteiger charge is 2.13. The fourth-order valence-corrected chi connectivity index (χ4v) is 2.22. The Labute approximate surface area is 108 Å². The van der Waals surface area contributed by atoms with E-state index in [9.17, 15) is 4.79 Å². The number of carbonyl (C=O) groups is 1. The Hall–Kier alpha value is -1.39. The van der Waals surface area contributed by atoms with Crippen LogP contribution in [0, 0.1) is 6.92 Å². The van der Waals surface area contributed by atoms with Crippen LogP contribution in [0.25, 0.3) is 0 Å². The largest absolute Gasteiger partial charge is 0.375 e. The van der Waals surface area contributed by atoms with Gasteiger partial charge in [0.05, 0.1) is 13.2 Å². The highest BCUT2D eigenvalue weighted by Crippen LogP contribution is 2.13. The zero-order valence-corrected chi connectivity index (χ0v) is 10.7. The average molecular weight is 248 g/mol. The fraction of sp³-hybridized carbons (Fsp3) is 0.500. The number of primary amides is 1. The Bertz CT molecular complexity index is 426. The molecule has 0 saturated carbocycles. The van der Waals surface area contributed by atoms with E-state index in [0.29, 0.717) is 18.2 Å². The lowest BCUT2D eigenvalue weighted by Gasteiger charge is -2.12.